The zero-order valence-corrected chi connectivity index (χ0v) is 17.0. The third-order valence-corrected chi connectivity index (χ3v) is 5.87. The maximum atomic E-state index is 13.4. The van der Waals surface area contributed by atoms with Gasteiger partial charge in [-0.25, -0.2) is 23.7 Å². The van der Waals surface area contributed by atoms with Gasteiger partial charge in [-0.05, 0) is 50.1 Å². The van der Waals surface area contributed by atoms with Crippen LogP contribution in [0.3, 0.4) is 0 Å². The molecular formula is C22H19ClF2N4O. The van der Waals surface area contributed by atoms with E-state index in [-0.39, 0.29) is 18.9 Å². The molecule has 1 aliphatic carbocycles. The number of aryl methyl sites for hydroxylation is 1. The monoisotopic (exact) mass is 428 g/mol. The highest BCUT2D eigenvalue weighted by molar-refractivity contribution is 6.33. The number of pyridine rings is 1. The Morgan fingerprint density at radius 3 is 2.77 bits per heavy atom. The van der Waals surface area contributed by atoms with Gasteiger partial charge in [-0.1, -0.05) is 11.6 Å². The van der Waals surface area contributed by atoms with Crippen LogP contribution in [0.1, 0.15) is 31.4 Å². The molecule has 0 unspecified atom stereocenters. The van der Waals surface area contributed by atoms with Crippen LogP contribution in [0.4, 0.5) is 8.78 Å². The predicted octanol–water partition coefficient (Wildman–Crippen LogP) is 5.86. The number of nitrogens with zero attached hydrogens (tertiary/aromatic N) is 4. The molecular weight excluding hydrogens is 410 g/mol. The Hall–Kier alpha value is -2.80. The molecule has 0 radical (unpaired) electrons. The van der Waals surface area contributed by atoms with Crippen molar-refractivity contribution in [3.05, 3.63) is 53.4 Å². The van der Waals surface area contributed by atoms with E-state index in [4.69, 9.17) is 16.3 Å². The number of aromatic nitrogens is 4. The molecule has 30 heavy (non-hydrogen) atoms. The number of hydrogen-bond acceptors (Lipinski definition) is 4. The molecule has 0 N–H and O–H groups in total. The zero-order chi connectivity index (χ0) is 20.9. The van der Waals surface area contributed by atoms with Crippen molar-refractivity contribution >= 4 is 28.3 Å². The molecule has 0 saturated heterocycles. The number of alkyl halides is 2. The Kier molecular flexibility index (Phi) is 4.58. The van der Waals surface area contributed by atoms with Gasteiger partial charge in [-0.3, -0.25) is 4.40 Å². The Bertz CT molecular complexity index is 1250. The van der Waals surface area contributed by atoms with Crippen molar-refractivity contribution in [2.45, 2.75) is 44.6 Å². The fraction of sp³-hybridized carbons (Fsp3) is 0.318. The summed E-state index contributed by atoms with van der Waals surface area (Å²) in [6.45, 7) is 1.92. The normalized spacial score (nSPS) is 16.9. The Morgan fingerprint density at radius 2 is 1.97 bits per heavy atom. The molecule has 1 aromatic carbocycles. The SMILES string of the molecule is Cc1nc2cccnc2n2c(-c3cc(OC4CCC(F)(F)CC4)ccc3Cl)ncc12. The third kappa shape index (κ3) is 3.37. The highest BCUT2D eigenvalue weighted by Crippen LogP contribution is 2.37. The molecule has 1 aliphatic rings. The predicted molar refractivity (Wildman–Crippen MR) is 111 cm³/mol. The average Bonchev–Trinajstić information content (AvgIpc) is 3.17. The summed E-state index contributed by atoms with van der Waals surface area (Å²) in [6.07, 6.45) is 3.60. The highest BCUT2D eigenvalue weighted by Gasteiger charge is 2.35. The molecule has 0 bridgehead atoms. The summed E-state index contributed by atoms with van der Waals surface area (Å²) < 4.78 is 34.8. The number of hydrogen-bond donors (Lipinski definition) is 0. The fourth-order valence-corrected chi connectivity index (χ4v) is 4.17. The van der Waals surface area contributed by atoms with E-state index in [9.17, 15) is 8.78 Å². The molecule has 3 aromatic heterocycles. The van der Waals surface area contributed by atoms with Crippen molar-refractivity contribution in [2.24, 2.45) is 0 Å². The lowest BCUT2D eigenvalue weighted by molar-refractivity contribution is -0.0582. The second-order valence-electron chi connectivity index (χ2n) is 7.66. The molecule has 1 saturated carbocycles. The second-order valence-corrected chi connectivity index (χ2v) is 8.07. The van der Waals surface area contributed by atoms with Gasteiger partial charge in [0.1, 0.15) is 17.1 Å². The molecule has 0 amide bonds. The molecule has 8 heteroatoms. The smallest absolute Gasteiger partial charge is 0.248 e. The first-order valence-electron chi connectivity index (χ1n) is 9.84. The lowest BCUT2D eigenvalue weighted by atomic mass is 9.94. The quantitative estimate of drug-likeness (QED) is 0.410. The van der Waals surface area contributed by atoms with Crippen LogP contribution in [-0.4, -0.2) is 31.4 Å². The molecule has 0 atom stereocenters. The van der Waals surface area contributed by atoms with Crippen molar-refractivity contribution in [3.63, 3.8) is 0 Å². The van der Waals surface area contributed by atoms with Crippen LogP contribution in [0.2, 0.25) is 5.02 Å². The summed E-state index contributed by atoms with van der Waals surface area (Å²) >= 11 is 6.52. The van der Waals surface area contributed by atoms with Gasteiger partial charge in [0.15, 0.2) is 5.65 Å². The van der Waals surface area contributed by atoms with Crippen LogP contribution >= 0.6 is 11.6 Å². The minimum atomic E-state index is -2.58. The Morgan fingerprint density at radius 1 is 1.17 bits per heavy atom. The first kappa shape index (κ1) is 19.2. The van der Waals surface area contributed by atoms with Gasteiger partial charge in [0.05, 0.1) is 28.5 Å². The Labute approximate surface area is 176 Å². The van der Waals surface area contributed by atoms with Gasteiger partial charge < -0.3 is 4.74 Å². The number of rotatable bonds is 3. The summed E-state index contributed by atoms with van der Waals surface area (Å²) in [7, 11) is 0. The zero-order valence-electron chi connectivity index (χ0n) is 16.3. The van der Waals surface area contributed by atoms with Crippen LogP contribution < -0.4 is 4.74 Å². The fourth-order valence-electron chi connectivity index (χ4n) is 3.97. The number of imidazole rings is 1. The largest absolute Gasteiger partial charge is 0.490 e. The van der Waals surface area contributed by atoms with Crippen molar-refractivity contribution in [3.8, 4) is 17.1 Å². The van der Waals surface area contributed by atoms with Crippen LogP contribution in [0.25, 0.3) is 28.1 Å². The van der Waals surface area contributed by atoms with Gasteiger partial charge >= 0.3 is 0 Å². The number of ether oxygens (including phenoxy) is 1. The third-order valence-electron chi connectivity index (χ3n) is 5.54. The first-order chi connectivity index (χ1) is 14.4. The van der Waals surface area contributed by atoms with Gasteiger partial charge in [0.25, 0.3) is 0 Å². The van der Waals surface area contributed by atoms with Gasteiger partial charge in [-0.15, -0.1) is 0 Å². The van der Waals surface area contributed by atoms with E-state index in [0.717, 1.165) is 16.7 Å². The van der Waals surface area contributed by atoms with Crippen molar-refractivity contribution in [2.75, 3.05) is 0 Å². The van der Waals surface area contributed by atoms with Gasteiger partial charge in [-0.2, -0.15) is 0 Å². The first-order valence-corrected chi connectivity index (χ1v) is 10.2. The maximum Gasteiger partial charge on any atom is 0.248 e. The number of halogens is 3. The maximum absolute atomic E-state index is 13.4. The minimum absolute atomic E-state index is 0.146. The number of fused-ring (bicyclic) bond motifs is 3. The second kappa shape index (κ2) is 7.16. The topological polar surface area (TPSA) is 52.3 Å². The molecule has 0 spiro atoms. The van der Waals surface area contributed by atoms with Gasteiger partial charge in [0.2, 0.25) is 5.92 Å². The summed E-state index contributed by atoms with van der Waals surface area (Å²) in [5.41, 5.74) is 3.80. The van der Waals surface area contributed by atoms with E-state index in [1.54, 1.807) is 24.5 Å². The lowest BCUT2D eigenvalue weighted by Gasteiger charge is -2.28. The molecule has 1 fully saturated rings. The molecule has 5 rings (SSSR count). The van der Waals surface area contributed by atoms with E-state index >= 15 is 0 Å². The van der Waals surface area contributed by atoms with E-state index in [1.165, 1.54) is 0 Å². The summed E-state index contributed by atoms with van der Waals surface area (Å²) in [5.74, 6) is -1.37. The molecule has 5 nitrogen and oxygen atoms in total. The Balaban J connectivity index is 1.56. The molecule has 3 heterocycles. The minimum Gasteiger partial charge on any atom is -0.490 e. The van der Waals surface area contributed by atoms with Crippen molar-refractivity contribution in [1.29, 1.82) is 0 Å². The van der Waals surface area contributed by atoms with Crippen LogP contribution in [0.5, 0.6) is 5.75 Å². The van der Waals surface area contributed by atoms with E-state index in [1.807, 2.05) is 29.5 Å². The lowest BCUT2D eigenvalue weighted by Crippen LogP contribution is -2.30. The van der Waals surface area contributed by atoms with Gasteiger partial charge in [0, 0.05) is 24.6 Å². The van der Waals surface area contributed by atoms with Crippen LogP contribution in [-0.2, 0) is 0 Å². The molecule has 154 valence electrons. The van der Waals surface area contributed by atoms with Crippen LogP contribution in [0, 0.1) is 6.92 Å². The van der Waals surface area contributed by atoms with Crippen molar-refractivity contribution in [1.82, 2.24) is 19.4 Å². The van der Waals surface area contributed by atoms with Crippen molar-refractivity contribution < 1.29 is 13.5 Å². The summed E-state index contributed by atoms with van der Waals surface area (Å²) in [5, 5.41) is 0.517. The summed E-state index contributed by atoms with van der Waals surface area (Å²) in [4.78, 5) is 13.7. The summed E-state index contributed by atoms with van der Waals surface area (Å²) in [6, 6.07) is 9.06. The number of benzene rings is 1. The standard InChI is InChI=1S/C22H19ClF2N4O/c1-13-19-12-27-20(29(19)21-18(28-13)3-2-10-26-21)16-11-15(4-5-17(16)23)30-14-6-8-22(24,25)9-7-14/h2-5,10-12,14H,6-9H2,1H3. The molecule has 0 aliphatic heterocycles. The van der Waals surface area contributed by atoms with E-state index < -0.39 is 5.92 Å². The van der Waals surface area contributed by atoms with E-state index in [2.05, 4.69) is 15.0 Å². The van der Waals surface area contributed by atoms with E-state index in [0.29, 0.717) is 40.6 Å². The molecule has 4 aromatic rings. The van der Waals surface area contributed by atoms with Crippen LogP contribution in [0.15, 0.2) is 42.7 Å². The average molecular weight is 429 g/mol. The highest BCUT2D eigenvalue weighted by atomic mass is 35.5.